The molecule has 0 radical (unpaired) electrons. The number of hydrogen-bond acceptors (Lipinski definition) is 4. The van der Waals surface area contributed by atoms with Gasteiger partial charge in [0, 0.05) is 18.1 Å². The number of amides is 1. The molecule has 0 aliphatic carbocycles. The third-order valence-corrected chi connectivity index (χ3v) is 4.42. The van der Waals surface area contributed by atoms with Crippen LogP contribution in [0, 0.1) is 11.3 Å². The summed E-state index contributed by atoms with van der Waals surface area (Å²) in [6.07, 6.45) is 5.33. The lowest BCUT2D eigenvalue weighted by atomic mass is 10.1. The minimum atomic E-state index is -0.351. The SMILES string of the molecule is Cn1cc(-n2ncc3ccc(NC(=O)c4ccc(C#N)cc4Cl)cc32)cn1. The topological polar surface area (TPSA) is 88.5 Å². The number of aryl methyl sites for hydroxylation is 1. The first-order chi connectivity index (χ1) is 13.0. The van der Waals surface area contributed by atoms with Crippen molar-refractivity contribution in [1.82, 2.24) is 19.6 Å². The van der Waals surface area contributed by atoms with Crippen LogP contribution in [0.3, 0.4) is 0 Å². The average Bonchev–Trinajstić information content (AvgIpc) is 3.27. The second-order valence-corrected chi connectivity index (χ2v) is 6.37. The summed E-state index contributed by atoms with van der Waals surface area (Å²) in [5.41, 5.74) is 2.98. The second-order valence-electron chi connectivity index (χ2n) is 5.96. The number of aromatic nitrogens is 4. The van der Waals surface area contributed by atoms with Crippen LogP contribution >= 0.6 is 11.6 Å². The lowest BCUT2D eigenvalue weighted by Crippen LogP contribution is -2.12. The van der Waals surface area contributed by atoms with E-state index >= 15 is 0 Å². The molecule has 0 aliphatic heterocycles. The van der Waals surface area contributed by atoms with Crippen molar-refractivity contribution in [3.63, 3.8) is 0 Å². The Morgan fingerprint density at radius 2 is 2.04 bits per heavy atom. The Kier molecular flexibility index (Phi) is 4.11. The smallest absolute Gasteiger partial charge is 0.257 e. The van der Waals surface area contributed by atoms with Crippen molar-refractivity contribution in [1.29, 1.82) is 5.26 Å². The van der Waals surface area contributed by atoms with E-state index in [-0.39, 0.29) is 10.9 Å². The van der Waals surface area contributed by atoms with E-state index in [1.165, 1.54) is 12.1 Å². The maximum atomic E-state index is 12.6. The maximum Gasteiger partial charge on any atom is 0.257 e. The van der Waals surface area contributed by atoms with Crippen molar-refractivity contribution in [3.8, 4) is 11.8 Å². The molecule has 4 aromatic rings. The number of rotatable bonds is 3. The number of nitriles is 1. The van der Waals surface area contributed by atoms with Crippen LogP contribution in [-0.4, -0.2) is 25.5 Å². The van der Waals surface area contributed by atoms with E-state index in [1.807, 2.05) is 31.4 Å². The van der Waals surface area contributed by atoms with Crippen LogP contribution in [-0.2, 0) is 7.05 Å². The van der Waals surface area contributed by atoms with Crippen LogP contribution < -0.4 is 5.32 Å². The third-order valence-electron chi connectivity index (χ3n) is 4.11. The molecule has 8 heteroatoms. The fourth-order valence-corrected chi connectivity index (χ4v) is 3.05. The molecule has 0 unspecified atom stereocenters. The number of nitrogens with one attached hydrogen (secondary N) is 1. The quantitative estimate of drug-likeness (QED) is 0.592. The molecule has 0 atom stereocenters. The van der Waals surface area contributed by atoms with Gasteiger partial charge < -0.3 is 5.32 Å². The first-order valence-electron chi connectivity index (χ1n) is 8.03. The molecule has 1 N–H and O–H groups in total. The molecule has 2 heterocycles. The average molecular weight is 377 g/mol. The molecule has 132 valence electrons. The number of nitrogens with zero attached hydrogens (tertiary/aromatic N) is 5. The molecule has 1 amide bonds. The summed E-state index contributed by atoms with van der Waals surface area (Å²) < 4.78 is 3.45. The van der Waals surface area contributed by atoms with E-state index in [2.05, 4.69) is 15.5 Å². The Bertz CT molecular complexity index is 1220. The molecule has 27 heavy (non-hydrogen) atoms. The van der Waals surface area contributed by atoms with Gasteiger partial charge in [-0.15, -0.1) is 0 Å². The van der Waals surface area contributed by atoms with Gasteiger partial charge in [-0.25, -0.2) is 4.68 Å². The number of halogens is 1. The molecule has 7 nitrogen and oxygen atoms in total. The highest BCUT2D eigenvalue weighted by Gasteiger charge is 2.13. The number of hydrogen-bond donors (Lipinski definition) is 1. The zero-order valence-corrected chi connectivity index (χ0v) is 15.0. The molecule has 0 aliphatic rings. The summed E-state index contributed by atoms with van der Waals surface area (Å²) in [7, 11) is 1.84. The molecular formula is C19H13ClN6O. The minimum absolute atomic E-state index is 0.230. The molecule has 0 spiro atoms. The molecule has 0 fully saturated rings. The fourth-order valence-electron chi connectivity index (χ4n) is 2.79. The fraction of sp³-hybridized carbons (Fsp3) is 0.0526. The van der Waals surface area contributed by atoms with E-state index < -0.39 is 0 Å². The summed E-state index contributed by atoms with van der Waals surface area (Å²) in [5, 5.41) is 21.5. The van der Waals surface area contributed by atoms with Gasteiger partial charge in [-0.2, -0.15) is 15.5 Å². The van der Waals surface area contributed by atoms with Crippen LogP contribution in [0.1, 0.15) is 15.9 Å². The lowest BCUT2D eigenvalue weighted by Gasteiger charge is -2.08. The van der Waals surface area contributed by atoms with Crippen LogP contribution in [0.2, 0.25) is 5.02 Å². The van der Waals surface area contributed by atoms with Gasteiger partial charge in [0.2, 0.25) is 0 Å². The molecule has 4 rings (SSSR count). The predicted octanol–water partition coefficient (Wildman–Crippen LogP) is 3.54. The van der Waals surface area contributed by atoms with Crippen molar-refractivity contribution in [2.45, 2.75) is 0 Å². The molecular weight excluding hydrogens is 364 g/mol. The number of carbonyl (C=O) groups is 1. The Morgan fingerprint density at radius 3 is 2.74 bits per heavy atom. The van der Waals surface area contributed by atoms with E-state index in [9.17, 15) is 4.79 Å². The predicted molar refractivity (Wildman–Crippen MR) is 102 cm³/mol. The highest BCUT2D eigenvalue weighted by atomic mass is 35.5. The summed E-state index contributed by atoms with van der Waals surface area (Å²) in [5.74, 6) is -0.351. The molecule has 0 saturated heterocycles. The van der Waals surface area contributed by atoms with E-state index in [0.717, 1.165) is 16.6 Å². The standard InChI is InChI=1S/C19H13ClN6O/c1-25-11-15(10-22-25)26-18-7-14(4-3-13(18)9-23-26)24-19(27)16-5-2-12(8-21)6-17(16)20/h2-7,9-11H,1H3,(H,24,27). The first-order valence-corrected chi connectivity index (χ1v) is 8.41. The number of anilines is 1. The summed E-state index contributed by atoms with van der Waals surface area (Å²) in [6.45, 7) is 0. The van der Waals surface area contributed by atoms with Gasteiger partial charge in [0.05, 0.1) is 46.3 Å². The monoisotopic (exact) mass is 376 g/mol. The van der Waals surface area contributed by atoms with Crippen LogP contribution in [0.4, 0.5) is 5.69 Å². The Balaban J connectivity index is 1.66. The van der Waals surface area contributed by atoms with Crippen molar-refractivity contribution in [2.75, 3.05) is 5.32 Å². The third kappa shape index (κ3) is 3.14. The van der Waals surface area contributed by atoms with Crippen molar-refractivity contribution in [3.05, 3.63) is 71.1 Å². The Labute approximate surface area is 159 Å². The van der Waals surface area contributed by atoms with Crippen LogP contribution in [0.25, 0.3) is 16.6 Å². The van der Waals surface area contributed by atoms with Gasteiger partial charge in [0.25, 0.3) is 5.91 Å². The second kappa shape index (κ2) is 6.59. The summed E-state index contributed by atoms with van der Waals surface area (Å²) >= 11 is 6.12. The Hall–Kier alpha value is -3.63. The van der Waals surface area contributed by atoms with Crippen LogP contribution in [0.15, 0.2) is 55.0 Å². The van der Waals surface area contributed by atoms with E-state index in [4.69, 9.17) is 16.9 Å². The van der Waals surface area contributed by atoms with E-state index in [1.54, 1.807) is 33.9 Å². The van der Waals surface area contributed by atoms with Gasteiger partial charge in [0.1, 0.15) is 5.69 Å². The maximum absolute atomic E-state index is 12.6. The van der Waals surface area contributed by atoms with Crippen molar-refractivity contribution >= 4 is 34.1 Å². The normalized spacial score (nSPS) is 10.7. The molecule has 0 saturated carbocycles. The first kappa shape index (κ1) is 16.8. The summed E-state index contributed by atoms with van der Waals surface area (Å²) in [4.78, 5) is 12.6. The molecule has 2 aromatic carbocycles. The van der Waals surface area contributed by atoms with Gasteiger partial charge in [-0.05, 0) is 36.4 Å². The lowest BCUT2D eigenvalue weighted by molar-refractivity contribution is 0.102. The van der Waals surface area contributed by atoms with Crippen molar-refractivity contribution in [2.24, 2.45) is 7.05 Å². The number of carbonyl (C=O) groups excluding carboxylic acids is 1. The van der Waals surface area contributed by atoms with E-state index in [0.29, 0.717) is 16.8 Å². The number of fused-ring (bicyclic) bond motifs is 1. The van der Waals surface area contributed by atoms with Gasteiger partial charge in [-0.3, -0.25) is 9.48 Å². The Morgan fingerprint density at radius 1 is 1.19 bits per heavy atom. The van der Waals surface area contributed by atoms with Crippen LogP contribution in [0.5, 0.6) is 0 Å². The van der Waals surface area contributed by atoms with Gasteiger partial charge >= 0.3 is 0 Å². The minimum Gasteiger partial charge on any atom is -0.322 e. The summed E-state index contributed by atoms with van der Waals surface area (Å²) in [6, 6.07) is 12.1. The van der Waals surface area contributed by atoms with Crippen molar-refractivity contribution < 1.29 is 4.79 Å². The number of benzene rings is 2. The molecule has 2 aromatic heterocycles. The zero-order chi connectivity index (χ0) is 19.0. The highest BCUT2D eigenvalue weighted by Crippen LogP contribution is 2.24. The largest absolute Gasteiger partial charge is 0.322 e. The zero-order valence-electron chi connectivity index (χ0n) is 14.2. The van der Waals surface area contributed by atoms with Gasteiger partial charge in [0.15, 0.2) is 0 Å². The van der Waals surface area contributed by atoms with Gasteiger partial charge in [-0.1, -0.05) is 11.6 Å². The highest BCUT2D eigenvalue weighted by molar-refractivity contribution is 6.34. The molecule has 0 bridgehead atoms.